The van der Waals surface area contributed by atoms with Crippen LogP contribution in [0.3, 0.4) is 0 Å². The highest BCUT2D eigenvalue weighted by Gasteiger charge is 2.30. The zero-order valence-corrected chi connectivity index (χ0v) is 19.5. The van der Waals surface area contributed by atoms with Crippen molar-refractivity contribution in [2.24, 2.45) is 0 Å². The monoisotopic (exact) mass is 471 g/mol. The van der Waals surface area contributed by atoms with Gasteiger partial charge < -0.3 is 5.32 Å². The van der Waals surface area contributed by atoms with Crippen LogP contribution in [0.5, 0.6) is 0 Å². The van der Waals surface area contributed by atoms with E-state index in [1.807, 2.05) is 60.7 Å². The van der Waals surface area contributed by atoms with E-state index in [4.69, 9.17) is 0 Å². The molecule has 0 radical (unpaired) electrons. The number of nitrogens with zero attached hydrogens (tertiary/aromatic N) is 3. The van der Waals surface area contributed by atoms with Crippen molar-refractivity contribution in [3.05, 3.63) is 102 Å². The zero-order valence-electron chi connectivity index (χ0n) is 19.5. The number of hydrogen-bond acceptors (Lipinski definition) is 4. The minimum atomic E-state index is -1.20. The summed E-state index contributed by atoms with van der Waals surface area (Å²) in [6, 6.07) is 24.9. The fourth-order valence-corrected chi connectivity index (χ4v) is 3.56. The van der Waals surface area contributed by atoms with E-state index in [-0.39, 0.29) is 24.1 Å². The maximum absolute atomic E-state index is 13.5. The molecule has 0 saturated carbocycles. The third-order valence-electron chi connectivity index (χ3n) is 5.40. The zero-order chi connectivity index (χ0) is 24.8. The molecular weight excluding hydrogens is 445 g/mol. The lowest BCUT2D eigenvalue weighted by Crippen LogP contribution is -2.52. The quantitative estimate of drug-likeness (QED) is 0.403. The molecule has 1 aromatic heterocycles. The summed E-state index contributed by atoms with van der Waals surface area (Å²) in [5.41, 5.74) is 1.30. The van der Waals surface area contributed by atoms with Crippen LogP contribution < -0.4 is 10.6 Å². The lowest BCUT2D eigenvalue weighted by atomic mass is 10.0. The van der Waals surface area contributed by atoms with Crippen LogP contribution in [0.15, 0.2) is 84.9 Å². The van der Waals surface area contributed by atoms with Gasteiger partial charge in [-0.25, -0.2) is 9.07 Å². The molecule has 178 valence electrons. The molecule has 0 saturated heterocycles. The minimum absolute atomic E-state index is 0.0932. The molecule has 4 aromatic rings. The second-order valence-electron chi connectivity index (χ2n) is 8.70. The minimum Gasteiger partial charge on any atom is -0.342 e. The van der Waals surface area contributed by atoms with Crippen LogP contribution >= 0.6 is 0 Å². The Morgan fingerprint density at radius 1 is 0.886 bits per heavy atom. The maximum Gasteiger partial charge on any atom is 0.251 e. The summed E-state index contributed by atoms with van der Waals surface area (Å²) in [6.07, 6.45) is 0.163. The Morgan fingerprint density at radius 2 is 1.49 bits per heavy atom. The van der Waals surface area contributed by atoms with E-state index < -0.39 is 11.4 Å². The van der Waals surface area contributed by atoms with Crippen molar-refractivity contribution >= 4 is 17.8 Å². The maximum atomic E-state index is 13.5. The Balaban J connectivity index is 1.52. The number of carbonyl (C=O) groups is 2. The van der Waals surface area contributed by atoms with Gasteiger partial charge in [-0.2, -0.15) is 4.98 Å². The van der Waals surface area contributed by atoms with Gasteiger partial charge in [0.2, 0.25) is 11.9 Å². The third kappa shape index (κ3) is 6.17. The van der Waals surface area contributed by atoms with Gasteiger partial charge in [0.1, 0.15) is 11.4 Å². The van der Waals surface area contributed by atoms with Gasteiger partial charge in [-0.15, -0.1) is 5.10 Å². The van der Waals surface area contributed by atoms with E-state index in [9.17, 15) is 14.0 Å². The molecule has 0 fully saturated rings. The van der Waals surface area contributed by atoms with E-state index >= 15 is 0 Å². The van der Waals surface area contributed by atoms with Gasteiger partial charge in [0.15, 0.2) is 5.82 Å². The topological polar surface area (TPSA) is 88.9 Å². The fourth-order valence-electron chi connectivity index (χ4n) is 3.56. The molecule has 8 heteroatoms. The lowest BCUT2D eigenvalue weighted by molar-refractivity contribution is -0.129. The van der Waals surface area contributed by atoms with Crippen molar-refractivity contribution < 1.29 is 14.0 Å². The van der Waals surface area contributed by atoms with Crippen molar-refractivity contribution in [3.63, 3.8) is 0 Å². The first-order valence-electron chi connectivity index (χ1n) is 11.2. The molecule has 0 aliphatic rings. The van der Waals surface area contributed by atoms with E-state index in [0.29, 0.717) is 17.9 Å². The number of amides is 2. The second-order valence-corrected chi connectivity index (χ2v) is 8.70. The van der Waals surface area contributed by atoms with Crippen LogP contribution in [0.25, 0.3) is 11.4 Å². The van der Waals surface area contributed by atoms with Gasteiger partial charge in [0.25, 0.3) is 5.91 Å². The van der Waals surface area contributed by atoms with Crippen LogP contribution in [0.1, 0.15) is 25.0 Å². The van der Waals surface area contributed by atoms with Gasteiger partial charge in [-0.05, 0) is 49.2 Å². The smallest absolute Gasteiger partial charge is 0.251 e. The molecule has 2 N–H and O–H groups in total. The average molecular weight is 472 g/mol. The SMILES string of the molecule is CC(C)(NC(=O)Cc1ccccc1)C(=O)Nc1nc(-c2ccc(F)cc2)n(Cc2ccccc2)n1. The molecule has 0 unspecified atom stereocenters. The molecule has 0 aliphatic carbocycles. The average Bonchev–Trinajstić information content (AvgIpc) is 3.22. The van der Waals surface area contributed by atoms with Gasteiger partial charge in [-0.3, -0.25) is 14.9 Å². The summed E-state index contributed by atoms with van der Waals surface area (Å²) in [7, 11) is 0. The van der Waals surface area contributed by atoms with Crippen molar-refractivity contribution in [2.75, 3.05) is 5.32 Å². The first kappa shape index (κ1) is 23.8. The number of aromatic nitrogens is 3. The number of carbonyl (C=O) groups excluding carboxylic acids is 2. The van der Waals surface area contributed by atoms with Gasteiger partial charge >= 0.3 is 0 Å². The molecule has 3 aromatic carbocycles. The summed E-state index contributed by atoms with van der Waals surface area (Å²) < 4.78 is 15.1. The molecular formula is C27H26FN5O2. The molecule has 0 spiro atoms. The number of halogens is 1. The van der Waals surface area contributed by atoms with E-state index in [1.54, 1.807) is 30.7 Å². The van der Waals surface area contributed by atoms with Crippen molar-refractivity contribution in [1.82, 2.24) is 20.1 Å². The standard InChI is InChI=1S/C27H26FN5O2/c1-27(2,31-23(34)17-19-9-5-3-6-10-19)25(35)30-26-29-24(21-13-15-22(28)16-14-21)33(32-26)18-20-11-7-4-8-12-20/h3-16H,17-18H2,1-2H3,(H,31,34)(H,30,32,35). The van der Waals surface area contributed by atoms with Crippen molar-refractivity contribution in [1.29, 1.82) is 0 Å². The Hall–Kier alpha value is -4.33. The lowest BCUT2D eigenvalue weighted by Gasteiger charge is -2.24. The van der Waals surface area contributed by atoms with Crippen molar-refractivity contribution in [3.8, 4) is 11.4 Å². The van der Waals surface area contributed by atoms with Crippen LogP contribution in [-0.2, 0) is 22.6 Å². The molecule has 4 rings (SSSR count). The van der Waals surface area contributed by atoms with Gasteiger partial charge in [0.05, 0.1) is 13.0 Å². The Kier molecular flexibility index (Phi) is 7.01. The van der Waals surface area contributed by atoms with Gasteiger partial charge in [-0.1, -0.05) is 60.7 Å². The second kappa shape index (κ2) is 10.3. The molecule has 2 amide bonds. The third-order valence-corrected chi connectivity index (χ3v) is 5.40. The fraction of sp³-hybridized carbons (Fsp3) is 0.185. The van der Waals surface area contributed by atoms with Crippen LogP contribution in [0.2, 0.25) is 0 Å². The van der Waals surface area contributed by atoms with Crippen LogP contribution in [0, 0.1) is 5.82 Å². The predicted octanol–water partition coefficient (Wildman–Crippen LogP) is 4.21. The summed E-state index contributed by atoms with van der Waals surface area (Å²) in [4.78, 5) is 30.0. The van der Waals surface area contributed by atoms with E-state index in [2.05, 4.69) is 20.7 Å². The van der Waals surface area contributed by atoms with Gasteiger partial charge in [0, 0.05) is 5.56 Å². The summed E-state index contributed by atoms with van der Waals surface area (Å²) in [5.74, 6) is -0.512. The van der Waals surface area contributed by atoms with E-state index in [1.165, 1.54) is 12.1 Å². The summed E-state index contributed by atoms with van der Waals surface area (Å²) in [6.45, 7) is 3.65. The predicted molar refractivity (Wildman–Crippen MR) is 132 cm³/mol. The molecule has 0 atom stereocenters. The molecule has 7 nitrogen and oxygen atoms in total. The molecule has 35 heavy (non-hydrogen) atoms. The highest BCUT2D eigenvalue weighted by atomic mass is 19.1. The number of rotatable bonds is 8. The normalized spacial score (nSPS) is 11.2. The largest absolute Gasteiger partial charge is 0.342 e. The molecule has 0 bridgehead atoms. The molecule has 0 aliphatic heterocycles. The number of benzene rings is 3. The van der Waals surface area contributed by atoms with Crippen LogP contribution in [-0.4, -0.2) is 32.1 Å². The number of nitrogens with one attached hydrogen (secondary N) is 2. The van der Waals surface area contributed by atoms with Crippen molar-refractivity contribution in [2.45, 2.75) is 32.4 Å². The first-order valence-corrected chi connectivity index (χ1v) is 11.2. The molecule has 1 heterocycles. The highest BCUT2D eigenvalue weighted by Crippen LogP contribution is 2.21. The summed E-state index contributed by atoms with van der Waals surface area (Å²) in [5, 5.41) is 9.95. The first-order chi connectivity index (χ1) is 16.8. The number of hydrogen-bond donors (Lipinski definition) is 2. The van der Waals surface area contributed by atoms with E-state index in [0.717, 1.165) is 11.1 Å². The highest BCUT2D eigenvalue weighted by molar-refractivity contribution is 5.99. The Bertz CT molecular complexity index is 1300. The summed E-state index contributed by atoms with van der Waals surface area (Å²) >= 11 is 0. The Morgan fingerprint density at radius 3 is 2.11 bits per heavy atom. The Labute approximate surface area is 203 Å². The number of anilines is 1. The van der Waals surface area contributed by atoms with Crippen LogP contribution in [0.4, 0.5) is 10.3 Å².